The molecule has 0 fully saturated rings. The highest BCUT2D eigenvalue weighted by atomic mass is 16.5. The van der Waals surface area contributed by atoms with Crippen molar-refractivity contribution in [1.29, 1.82) is 0 Å². The summed E-state index contributed by atoms with van der Waals surface area (Å²) in [4.78, 5) is 10.8. The molecule has 0 saturated heterocycles. The average molecular weight is 206 g/mol. The lowest BCUT2D eigenvalue weighted by Crippen LogP contribution is -2.18. The third-order valence-corrected chi connectivity index (χ3v) is 2.74. The number of fused-ring (bicyclic) bond motifs is 1. The summed E-state index contributed by atoms with van der Waals surface area (Å²) in [7, 11) is 1.58. The number of ether oxygens (including phenoxy) is 2. The molecule has 15 heavy (non-hydrogen) atoms. The second kappa shape index (κ2) is 3.26. The number of hydrogen-bond acceptors (Lipinski definition) is 3. The average Bonchev–Trinajstić information content (AvgIpc) is 2.54. The molecule has 0 saturated carbocycles. The number of hydrogen-bond donors (Lipinski definition) is 0. The monoisotopic (exact) mass is 206 g/mol. The molecule has 0 bridgehead atoms. The Morgan fingerprint density at radius 1 is 1.47 bits per heavy atom. The molecule has 1 aliphatic heterocycles. The van der Waals surface area contributed by atoms with Gasteiger partial charge in [-0.25, -0.2) is 0 Å². The minimum Gasteiger partial charge on any atom is -0.493 e. The van der Waals surface area contributed by atoms with E-state index in [1.165, 1.54) is 0 Å². The maximum atomic E-state index is 10.8. The Morgan fingerprint density at radius 2 is 2.20 bits per heavy atom. The van der Waals surface area contributed by atoms with Crippen molar-refractivity contribution in [3.63, 3.8) is 0 Å². The van der Waals surface area contributed by atoms with Crippen LogP contribution in [0.3, 0.4) is 0 Å². The Labute approximate surface area is 89.0 Å². The Hall–Kier alpha value is -1.51. The molecule has 1 heterocycles. The van der Waals surface area contributed by atoms with Gasteiger partial charge < -0.3 is 9.47 Å². The number of benzene rings is 1. The minimum absolute atomic E-state index is 0.0539. The molecule has 1 aromatic carbocycles. The Balaban J connectivity index is 2.63. The van der Waals surface area contributed by atoms with Crippen LogP contribution >= 0.6 is 0 Å². The first-order valence-corrected chi connectivity index (χ1v) is 4.89. The van der Waals surface area contributed by atoms with Crippen molar-refractivity contribution < 1.29 is 14.3 Å². The van der Waals surface area contributed by atoms with Crippen LogP contribution < -0.4 is 9.47 Å². The fourth-order valence-electron chi connectivity index (χ4n) is 1.83. The zero-order valence-electron chi connectivity index (χ0n) is 9.16. The van der Waals surface area contributed by atoms with Crippen molar-refractivity contribution in [2.24, 2.45) is 0 Å². The number of carbonyl (C=O) groups excluding carboxylic acids is 1. The Bertz CT molecular complexity index is 408. The summed E-state index contributed by atoms with van der Waals surface area (Å²) in [5, 5.41) is 0. The molecule has 0 N–H and O–H groups in total. The number of methoxy groups -OCH3 is 1. The first kappa shape index (κ1) is 10.0. The van der Waals surface area contributed by atoms with Crippen LogP contribution in [0.4, 0.5) is 0 Å². The third-order valence-electron chi connectivity index (χ3n) is 2.74. The highest BCUT2D eigenvalue weighted by molar-refractivity contribution is 5.78. The summed E-state index contributed by atoms with van der Waals surface area (Å²) in [5.74, 6) is 1.41. The van der Waals surface area contributed by atoms with E-state index in [4.69, 9.17) is 9.47 Å². The van der Waals surface area contributed by atoms with Crippen molar-refractivity contribution in [2.75, 3.05) is 13.7 Å². The van der Waals surface area contributed by atoms with Crippen molar-refractivity contribution in [3.8, 4) is 11.5 Å². The van der Waals surface area contributed by atoms with Gasteiger partial charge in [-0.1, -0.05) is 13.8 Å². The van der Waals surface area contributed by atoms with Crippen LogP contribution in [0.1, 0.15) is 29.8 Å². The maximum absolute atomic E-state index is 10.8. The highest BCUT2D eigenvalue weighted by Gasteiger charge is 2.34. The molecule has 3 nitrogen and oxygen atoms in total. The van der Waals surface area contributed by atoms with E-state index >= 15 is 0 Å². The standard InChI is InChI=1S/C12H14O3/c1-12(2)7-15-11-9(12)4-8(6-13)5-10(11)14-3/h4-6H,7H2,1-3H3. The lowest BCUT2D eigenvalue weighted by atomic mass is 9.86. The first-order valence-electron chi connectivity index (χ1n) is 4.89. The van der Waals surface area contributed by atoms with Crippen LogP contribution in [0.2, 0.25) is 0 Å². The SMILES string of the molecule is COc1cc(C=O)cc2c1OCC2(C)C. The van der Waals surface area contributed by atoms with Gasteiger partial charge in [0, 0.05) is 16.5 Å². The molecular formula is C12H14O3. The van der Waals surface area contributed by atoms with E-state index in [9.17, 15) is 4.79 Å². The van der Waals surface area contributed by atoms with E-state index in [0.29, 0.717) is 17.9 Å². The third kappa shape index (κ3) is 1.48. The molecule has 80 valence electrons. The zero-order valence-corrected chi connectivity index (χ0v) is 9.16. The van der Waals surface area contributed by atoms with Crippen LogP contribution in [0.15, 0.2) is 12.1 Å². The summed E-state index contributed by atoms with van der Waals surface area (Å²) in [6, 6.07) is 3.57. The molecule has 3 heteroatoms. The fraction of sp³-hybridized carbons (Fsp3) is 0.417. The number of rotatable bonds is 2. The van der Waals surface area contributed by atoms with Crippen LogP contribution in [0, 0.1) is 0 Å². The van der Waals surface area contributed by atoms with E-state index < -0.39 is 0 Å². The van der Waals surface area contributed by atoms with Gasteiger partial charge in [0.1, 0.15) is 6.29 Å². The zero-order chi connectivity index (χ0) is 11.1. The Morgan fingerprint density at radius 3 is 2.80 bits per heavy atom. The van der Waals surface area contributed by atoms with Crippen molar-refractivity contribution >= 4 is 6.29 Å². The largest absolute Gasteiger partial charge is 0.493 e. The molecule has 0 atom stereocenters. The molecule has 0 amide bonds. The van der Waals surface area contributed by atoms with E-state index in [1.54, 1.807) is 13.2 Å². The predicted octanol–water partition coefficient (Wildman–Crippen LogP) is 2.18. The topological polar surface area (TPSA) is 35.5 Å². The second-order valence-electron chi connectivity index (χ2n) is 4.39. The normalized spacial score (nSPS) is 16.7. The number of carbonyl (C=O) groups is 1. The smallest absolute Gasteiger partial charge is 0.165 e. The number of aldehydes is 1. The molecule has 0 spiro atoms. The summed E-state index contributed by atoms with van der Waals surface area (Å²) in [6.45, 7) is 4.81. The van der Waals surface area contributed by atoms with E-state index in [-0.39, 0.29) is 5.41 Å². The van der Waals surface area contributed by atoms with Gasteiger partial charge in [0.05, 0.1) is 13.7 Å². The molecule has 2 rings (SSSR count). The van der Waals surface area contributed by atoms with Gasteiger partial charge in [0.25, 0.3) is 0 Å². The second-order valence-corrected chi connectivity index (χ2v) is 4.39. The quantitative estimate of drug-likeness (QED) is 0.696. The van der Waals surface area contributed by atoms with Crippen LogP contribution in [-0.4, -0.2) is 20.0 Å². The van der Waals surface area contributed by atoms with Crippen LogP contribution in [0.5, 0.6) is 11.5 Å². The molecule has 0 aromatic heterocycles. The van der Waals surface area contributed by atoms with Gasteiger partial charge in [0.15, 0.2) is 11.5 Å². The Kier molecular flexibility index (Phi) is 2.18. The lowest BCUT2D eigenvalue weighted by Gasteiger charge is -2.15. The first-order chi connectivity index (χ1) is 7.08. The van der Waals surface area contributed by atoms with E-state index in [1.807, 2.05) is 6.07 Å². The van der Waals surface area contributed by atoms with Crippen molar-refractivity contribution in [1.82, 2.24) is 0 Å². The molecule has 1 aromatic rings. The van der Waals surface area contributed by atoms with Crippen molar-refractivity contribution in [2.45, 2.75) is 19.3 Å². The van der Waals surface area contributed by atoms with E-state index in [0.717, 1.165) is 17.6 Å². The van der Waals surface area contributed by atoms with Crippen LogP contribution in [0.25, 0.3) is 0 Å². The van der Waals surface area contributed by atoms with Crippen LogP contribution in [-0.2, 0) is 5.41 Å². The predicted molar refractivity (Wildman–Crippen MR) is 56.9 cm³/mol. The fourth-order valence-corrected chi connectivity index (χ4v) is 1.83. The molecular weight excluding hydrogens is 192 g/mol. The van der Waals surface area contributed by atoms with Gasteiger partial charge in [0.2, 0.25) is 0 Å². The van der Waals surface area contributed by atoms with Gasteiger partial charge >= 0.3 is 0 Å². The highest BCUT2D eigenvalue weighted by Crippen LogP contribution is 2.44. The summed E-state index contributed by atoms with van der Waals surface area (Å²) < 4.78 is 10.8. The van der Waals surface area contributed by atoms with Gasteiger partial charge in [-0.2, -0.15) is 0 Å². The summed E-state index contributed by atoms with van der Waals surface area (Å²) in [5.41, 5.74) is 1.62. The molecule has 0 aliphatic carbocycles. The molecule has 0 radical (unpaired) electrons. The minimum atomic E-state index is -0.0539. The molecule has 0 unspecified atom stereocenters. The molecule has 1 aliphatic rings. The summed E-state index contributed by atoms with van der Waals surface area (Å²) in [6.07, 6.45) is 0.831. The lowest BCUT2D eigenvalue weighted by molar-refractivity contribution is 0.112. The van der Waals surface area contributed by atoms with Gasteiger partial charge in [-0.3, -0.25) is 4.79 Å². The maximum Gasteiger partial charge on any atom is 0.165 e. The summed E-state index contributed by atoms with van der Waals surface area (Å²) >= 11 is 0. The van der Waals surface area contributed by atoms with Gasteiger partial charge in [-0.15, -0.1) is 0 Å². The van der Waals surface area contributed by atoms with Crippen molar-refractivity contribution in [3.05, 3.63) is 23.3 Å². The van der Waals surface area contributed by atoms with E-state index in [2.05, 4.69) is 13.8 Å². The van der Waals surface area contributed by atoms with Gasteiger partial charge in [-0.05, 0) is 12.1 Å².